The molecule has 1 heterocycles. The van der Waals surface area contributed by atoms with Crippen LogP contribution in [0.15, 0.2) is 47.4 Å². The molecule has 0 fully saturated rings. The molecule has 29 heavy (non-hydrogen) atoms. The van der Waals surface area contributed by atoms with E-state index < -0.39 is 0 Å². The predicted octanol–water partition coefficient (Wildman–Crippen LogP) is 4.10. The van der Waals surface area contributed by atoms with Gasteiger partial charge in [-0.2, -0.15) is 0 Å². The van der Waals surface area contributed by atoms with E-state index in [1.165, 1.54) is 16.7 Å². The molecule has 2 aromatic rings. The van der Waals surface area contributed by atoms with Crippen LogP contribution in [0.3, 0.4) is 0 Å². The van der Waals surface area contributed by atoms with Crippen LogP contribution in [0.2, 0.25) is 0 Å². The highest BCUT2D eigenvalue weighted by Gasteiger charge is 2.41. The molecule has 2 aromatic carbocycles. The van der Waals surface area contributed by atoms with Gasteiger partial charge in [0, 0.05) is 5.75 Å². The molecule has 152 valence electrons. The molecule has 0 spiro atoms. The number of aliphatic hydroxyl groups is 1. The molecule has 1 aliphatic heterocycles. The van der Waals surface area contributed by atoms with Crippen LogP contribution in [0.4, 0.5) is 5.69 Å². The highest BCUT2D eigenvalue weighted by atomic mass is 32.2. The fourth-order valence-electron chi connectivity index (χ4n) is 3.34. The van der Waals surface area contributed by atoms with Crippen LogP contribution in [-0.2, 0) is 9.59 Å². The Morgan fingerprint density at radius 1 is 1.07 bits per heavy atom. The van der Waals surface area contributed by atoms with E-state index >= 15 is 0 Å². The second kappa shape index (κ2) is 8.84. The van der Waals surface area contributed by atoms with E-state index in [-0.39, 0.29) is 24.5 Å². The Morgan fingerprint density at radius 3 is 2.45 bits per heavy atom. The van der Waals surface area contributed by atoms with Gasteiger partial charge in [0.15, 0.2) is 0 Å². The molecule has 3 rings (SSSR count). The number of amides is 2. The zero-order valence-corrected chi connectivity index (χ0v) is 17.9. The molecule has 0 bridgehead atoms. The Hall–Kier alpha value is -2.57. The summed E-state index contributed by atoms with van der Waals surface area (Å²) >= 11 is 1.21. The molecule has 0 aliphatic carbocycles. The van der Waals surface area contributed by atoms with Gasteiger partial charge in [0.2, 0.25) is 0 Å². The molecule has 0 aromatic heterocycles. The second-order valence-electron chi connectivity index (χ2n) is 7.17. The molecular formula is C23H25NO4S. The van der Waals surface area contributed by atoms with Crippen LogP contribution in [-0.4, -0.2) is 35.4 Å². The Morgan fingerprint density at radius 2 is 1.79 bits per heavy atom. The molecule has 2 amide bonds. The van der Waals surface area contributed by atoms with Gasteiger partial charge < -0.3 is 9.84 Å². The Bertz CT molecular complexity index is 981. The number of nitrogens with zero attached hydrogens (tertiary/aromatic N) is 1. The highest BCUT2D eigenvalue weighted by Crippen LogP contribution is 2.42. The summed E-state index contributed by atoms with van der Waals surface area (Å²) in [7, 11) is 0. The van der Waals surface area contributed by atoms with E-state index in [0.717, 1.165) is 16.7 Å². The minimum Gasteiger partial charge on any atom is -0.489 e. The maximum Gasteiger partial charge on any atom is 0.272 e. The van der Waals surface area contributed by atoms with Gasteiger partial charge in [-0.25, -0.2) is 4.90 Å². The zero-order chi connectivity index (χ0) is 21.1. The first kappa shape index (κ1) is 21.1. The van der Waals surface area contributed by atoms with Gasteiger partial charge >= 0.3 is 0 Å². The number of aliphatic hydroxyl groups excluding tert-OH is 1. The lowest BCUT2D eigenvalue weighted by atomic mass is 9.98. The van der Waals surface area contributed by atoms with Gasteiger partial charge in [-0.05, 0) is 51.0 Å². The number of aryl methyl sites for hydroxylation is 2. The first-order valence-electron chi connectivity index (χ1n) is 9.55. The number of hydrogen-bond donors (Lipinski definition) is 1. The fraction of sp³-hybridized carbons (Fsp3) is 0.304. The molecule has 0 atom stereocenters. The predicted molar refractivity (Wildman–Crippen MR) is 117 cm³/mol. The summed E-state index contributed by atoms with van der Waals surface area (Å²) in [5.41, 5.74) is 3.56. The van der Waals surface area contributed by atoms with Crippen molar-refractivity contribution in [1.82, 2.24) is 0 Å². The Balaban J connectivity index is 2.12. The lowest BCUT2D eigenvalue weighted by molar-refractivity contribution is -0.119. The summed E-state index contributed by atoms with van der Waals surface area (Å²) < 4.78 is 5.84. The summed E-state index contributed by atoms with van der Waals surface area (Å²) in [5, 5.41) is 9.28. The number of rotatable bonds is 7. The van der Waals surface area contributed by atoms with Crippen LogP contribution >= 0.6 is 11.8 Å². The maximum absolute atomic E-state index is 13.5. The van der Waals surface area contributed by atoms with Crippen molar-refractivity contribution in [2.45, 2.75) is 33.8 Å². The molecule has 0 saturated carbocycles. The molecule has 6 heteroatoms. The van der Waals surface area contributed by atoms with Gasteiger partial charge in [-0.3, -0.25) is 9.59 Å². The quantitative estimate of drug-likeness (QED) is 0.695. The third-order valence-corrected chi connectivity index (χ3v) is 5.55. The second-order valence-corrected chi connectivity index (χ2v) is 8.28. The average Bonchev–Trinajstić information content (AvgIpc) is 2.90. The largest absolute Gasteiger partial charge is 0.489 e. The summed E-state index contributed by atoms with van der Waals surface area (Å²) in [4.78, 5) is 28.3. The van der Waals surface area contributed by atoms with Crippen molar-refractivity contribution in [3.05, 3.63) is 64.1 Å². The number of carbonyl (C=O) groups is 2. The molecule has 1 aliphatic rings. The number of hydrogen-bond acceptors (Lipinski definition) is 5. The number of ether oxygens (including phenoxy) is 1. The summed E-state index contributed by atoms with van der Waals surface area (Å²) in [6.07, 6.45) is -0.0982. The third-order valence-electron chi connectivity index (χ3n) is 4.50. The minimum atomic E-state index is -0.386. The first-order chi connectivity index (χ1) is 13.8. The standard InChI is InChI=1S/C23H25NO4S/c1-14(2)28-19-8-6-5-7-18(19)24-22(26)20(21(23(24)27)29-12-11-25)17-10-9-15(3)13-16(17)4/h5-10,13-14,25H,11-12H2,1-4H3. The monoisotopic (exact) mass is 411 g/mol. The molecule has 0 unspecified atom stereocenters. The van der Waals surface area contributed by atoms with Crippen molar-refractivity contribution < 1.29 is 19.4 Å². The van der Waals surface area contributed by atoms with Crippen molar-refractivity contribution in [2.75, 3.05) is 17.3 Å². The first-order valence-corrected chi connectivity index (χ1v) is 10.5. The topological polar surface area (TPSA) is 66.8 Å². The van der Waals surface area contributed by atoms with E-state index in [0.29, 0.717) is 27.7 Å². The van der Waals surface area contributed by atoms with Gasteiger partial charge in [0.25, 0.3) is 11.8 Å². The number of benzene rings is 2. The fourth-order valence-corrected chi connectivity index (χ4v) is 4.19. The highest BCUT2D eigenvalue weighted by molar-refractivity contribution is 8.04. The number of thioether (sulfide) groups is 1. The van der Waals surface area contributed by atoms with E-state index in [9.17, 15) is 14.7 Å². The van der Waals surface area contributed by atoms with E-state index in [4.69, 9.17) is 4.74 Å². The average molecular weight is 412 g/mol. The van der Waals surface area contributed by atoms with Gasteiger partial charge in [0.05, 0.1) is 28.9 Å². The third kappa shape index (κ3) is 4.23. The summed E-state index contributed by atoms with van der Waals surface area (Å²) in [6.45, 7) is 7.63. The molecule has 1 N–H and O–H groups in total. The number of anilines is 1. The number of para-hydroxylation sites is 2. The number of imide groups is 1. The van der Waals surface area contributed by atoms with Gasteiger partial charge in [-0.1, -0.05) is 35.9 Å². The van der Waals surface area contributed by atoms with Crippen LogP contribution < -0.4 is 9.64 Å². The van der Waals surface area contributed by atoms with Crippen LogP contribution in [0.1, 0.15) is 30.5 Å². The van der Waals surface area contributed by atoms with Gasteiger partial charge in [0.1, 0.15) is 5.75 Å². The zero-order valence-electron chi connectivity index (χ0n) is 17.1. The SMILES string of the molecule is Cc1ccc(C2=C(SCCO)C(=O)N(c3ccccc3OC(C)C)C2=O)c(C)c1. The van der Waals surface area contributed by atoms with Crippen molar-refractivity contribution in [3.63, 3.8) is 0 Å². The lowest BCUT2D eigenvalue weighted by Gasteiger charge is -2.20. The molecule has 5 nitrogen and oxygen atoms in total. The van der Waals surface area contributed by atoms with Crippen molar-refractivity contribution >= 4 is 34.8 Å². The Labute approximate surface area is 175 Å². The van der Waals surface area contributed by atoms with Crippen molar-refractivity contribution in [2.24, 2.45) is 0 Å². The Kier molecular flexibility index (Phi) is 6.45. The maximum atomic E-state index is 13.5. The molecule has 0 saturated heterocycles. The molecular weight excluding hydrogens is 386 g/mol. The van der Waals surface area contributed by atoms with Crippen LogP contribution in [0, 0.1) is 13.8 Å². The lowest BCUT2D eigenvalue weighted by Crippen LogP contribution is -2.32. The normalized spacial score (nSPS) is 14.3. The molecule has 0 radical (unpaired) electrons. The summed E-state index contributed by atoms with van der Waals surface area (Å²) in [6, 6.07) is 12.9. The van der Waals surface area contributed by atoms with E-state index in [1.54, 1.807) is 18.2 Å². The summed E-state index contributed by atoms with van der Waals surface area (Å²) in [5.74, 6) is 0.0591. The smallest absolute Gasteiger partial charge is 0.272 e. The van der Waals surface area contributed by atoms with Crippen LogP contribution in [0.25, 0.3) is 5.57 Å². The number of carbonyl (C=O) groups excluding carboxylic acids is 2. The van der Waals surface area contributed by atoms with Crippen molar-refractivity contribution in [3.8, 4) is 5.75 Å². The van der Waals surface area contributed by atoms with Crippen LogP contribution in [0.5, 0.6) is 5.75 Å². The minimum absolute atomic E-state index is 0.0805. The van der Waals surface area contributed by atoms with E-state index in [2.05, 4.69) is 0 Å². The van der Waals surface area contributed by atoms with Crippen molar-refractivity contribution in [1.29, 1.82) is 0 Å². The van der Waals surface area contributed by atoms with Gasteiger partial charge in [-0.15, -0.1) is 11.8 Å². The van der Waals surface area contributed by atoms with E-state index in [1.807, 2.05) is 52.0 Å².